The molecule has 0 spiro atoms. The fourth-order valence-corrected chi connectivity index (χ4v) is 3.12. The van der Waals surface area contributed by atoms with Crippen LogP contribution in [0.4, 0.5) is 0 Å². The Labute approximate surface area is 139 Å². The molecule has 0 aliphatic rings. The summed E-state index contributed by atoms with van der Waals surface area (Å²) in [6, 6.07) is 25.8. The highest BCUT2D eigenvalue weighted by Gasteiger charge is 2.14. The van der Waals surface area contributed by atoms with Gasteiger partial charge in [0.05, 0.1) is 0 Å². The van der Waals surface area contributed by atoms with E-state index < -0.39 is 0 Å². The van der Waals surface area contributed by atoms with E-state index in [-0.39, 0.29) is 0 Å². The zero-order chi connectivity index (χ0) is 16.1. The molecular formula is C23H23. The summed E-state index contributed by atoms with van der Waals surface area (Å²) in [6.07, 6.45) is 3.48. The maximum atomic E-state index is 4.29. The molecule has 0 aromatic heterocycles. The van der Waals surface area contributed by atoms with Crippen LogP contribution in [0.3, 0.4) is 0 Å². The third kappa shape index (κ3) is 3.37. The highest BCUT2D eigenvalue weighted by Crippen LogP contribution is 2.37. The summed E-state index contributed by atoms with van der Waals surface area (Å²) in [5, 5.41) is 0. The Balaban J connectivity index is 2.24. The van der Waals surface area contributed by atoms with Crippen molar-refractivity contribution in [2.45, 2.75) is 26.2 Å². The fourth-order valence-electron chi connectivity index (χ4n) is 3.12. The molecule has 3 rings (SSSR count). The van der Waals surface area contributed by atoms with Gasteiger partial charge in [0.1, 0.15) is 0 Å². The van der Waals surface area contributed by atoms with Gasteiger partial charge in [0.2, 0.25) is 0 Å². The van der Waals surface area contributed by atoms with Crippen molar-refractivity contribution in [3.63, 3.8) is 0 Å². The van der Waals surface area contributed by atoms with Gasteiger partial charge in [0.25, 0.3) is 0 Å². The highest BCUT2D eigenvalue weighted by atomic mass is 14.2. The van der Waals surface area contributed by atoms with Crippen molar-refractivity contribution >= 4 is 0 Å². The minimum absolute atomic E-state index is 1.08. The summed E-state index contributed by atoms with van der Waals surface area (Å²) in [5.41, 5.74) is 7.73. The third-order valence-electron chi connectivity index (χ3n) is 4.34. The summed E-state index contributed by atoms with van der Waals surface area (Å²) >= 11 is 0. The smallest absolute Gasteiger partial charge is 0.00706 e. The Morgan fingerprint density at radius 1 is 0.739 bits per heavy atom. The molecule has 0 saturated carbocycles. The number of unbranched alkanes of at least 4 members (excludes halogenated alkanes) is 1. The lowest BCUT2D eigenvalue weighted by Gasteiger charge is -2.18. The SMILES string of the molecule is [CH2]c1ccc(-c2ccccc2)c(-c2ccccc2)c1CCCC. The molecule has 3 aromatic rings. The van der Waals surface area contributed by atoms with Crippen LogP contribution < -0.4 is 0 Å². The minimum Gasteiger partial charge on any atom is -0.0654 e. The van der Waals surface area contributed by atoms with Gasteiger partial charge < -0.3 is 0 Å². The molecule has 0 fully saturated rings. The molecule has 0 atom stereocenters. The van der Waals surface area contributed by atoms with Crippen LogP contribution in [-0.2, 0) is 6.42 Å². The van der Waals surface area contributed by atoms with Gasteiger partial charge in [0.15, 0.2) is 0 Å². The van der Waals surface area contributed by atoms with Gasteiger partial charge in [-0.2, -0.15) is 0 Å². The first-order chi connectivity index (χ1) is 11.3. The minimum atomic E-state index is 1.08. The van der Waals surface area contributed by atoms with Gasteiger partial charge in [-0.1, -0.05) is 86.1 Å². The largest absolute Gasteiger partial charge is 0.0654 e. The molecule has 0 aliphatic carbocycles. The Kier molecular flexibility index (Phi) is 4.92. The van der Waals surface area contributed by atoms with Crippen LogP contribution >= 0.6 is 0 Å². The maximum absolute atomic E-state index is 4.29. The number of rotatable bonds is 5. The van der Waals surface area contributed by atoms with Gasteiger partial charge in [-0.05, 0) is 53.1 Å². The van der Waals surface area contributed by atoms with Crippen molar-refractivity contribution in [2.24, 2.45) is 0 Å². The van der Waals surface area contributed by atoms with Gasteiger partial charge in [-0.3, -0.25) is 0 Å². The molecule has 23 heavy (non-hydrogen) atoms. The number of benzene rings is 3. The van der Waals surface area contributed by atoms with Crippen molar-refractivity contribution in [1.82, 2.24) is 0 Å². The predicted octanol–water partition coefficient (Wildman–Crippen LogP) is 6.55. The second kappa shape index (κ2) is 7.28. The Morgan fingerprint density at radius 3 is 1.96 bits per heavy atom. The molecule has 0 aliphatic heterocycles. The van der Waals surface area contributed by atoms with E-state index in [0.717, 1.165) is 12.0 Å². The lowest BCUT2D eigenvalue weighted by atomic mass is 9.86. The van der Waals surface area contributed by atoms with Gasteiger partial charge in [0, 0.05) is 0 Å². The summed E-state index contributed by atoms with van der Waals surface area (Å²) in [6.45, 7) is 6.54. The van der Waals surface area contributed by atoms with Crippen LogP contribution in [0.5, 0.6) is 0 Å². The maximum Gasteiger partial charge on any atom is -0.00706 e. The van der Waals surface area contributed by atoms with Crippen molar-refractivity contribution in [2.75, 3.05) is 0 Å². The average Bonchev–Trinajstić information content (AvgIpc) is 2.62. The standard InChI is InChI=1S/C23H23/c1-3-4-15-21-18(2)16-17-22(19-11-7-5-8-12-19)23(21)20-13-9-6-10-14-20/h5-14,16-17H,2-4,15H2,1H3. The first kappa shape index (κ1) is 15.6. The fraction of sp³-hybridized carbons (Fsp3) is 0.174. The van der Waals surface area contributed by atoms with E-state index in [2.05, 4.69) is 86.6 Å². The first-order valence-electron chi connectivity index (χ1n) is 8.40. The topological polar surface area (TPSA) is 0 Å². The average molecular weight is 299 g/mol. The van der Waals surface area contributed by atoms with Crippen LogP contribution in [0, 0.1) is 6.92 Å². The molecule has 0 heterocycles. The molecule has 0 nitrogen and oxygen atoms in total. The number of hydrogen-bond acceptors (Lipinski definition) is 0. The molecular weight excluding hydrogens is 276 g/mol. The lowest BCUT2D eigenvalue weighted by molar-refractivity contribution is 0.794. The van der Waals surface area contributed by atoms with Crippen LogP contribution in [0.25, 0.3) is 22.3 Å². The first-order valence-corrected chi connectivity index (χ1v) is 8.40. The lowest BCUT2D eigenvalue weighted by Crippen LogP contribution is -1.97. The zero-order valence-corrected chi connectivity index (χ0v) is 13.8. The van der Waals surface area contributed by atoms with Crippen molar-refractivity contribution in [1.29, 1.82) is 0 Å². The molecule has 0 heteroatoms. The normalized spacial score (nSPS) is 10.7. The molecule has 0 amide bonds. The van der Waals surface area contributed by atoms with E-state index in [9.17, 15) is 0 Å². The molecule has 115 valence electrons. The van der Waals surface area contributed by atoms with Gasteiger partial charge in [-0.15, -0.1) is 0 Å². The van der Waals surface area contributed by atoms with Gasteiger partial charge in [-0.25, -0.2) is 0 Å². The second-order valence-electron chi connectivity index (χ2n) is 5.96. The monoisotopic (exact) mass is 299 g/mol. The second-order valence-corrected chi connectivity index (χ2v) is 5.96. The molecule has 0 bridgehead atoms. The summed E-state index contributed by atoms with van der Waals surface area (Å²) in [4.78, 5) is 0. The van der Waals surface area contributed by atoms with Crippen LogP contribution in [0.1, 0.15) is 30.9 Å². The summed E-state index contributed by atoms with van der Waals surface area (Å²) in [5.74, 6) is 0. The van der Waals surface area contributed by atoms with E-state index in [1.807, 2.05) is 0 Å². The quantitative estimate of drug-likeness (QED) is 0.501. The van der Waals surface area contributed by atoms with Crippen LogP contribution in [0.2, 0.25) is 0 Å². The van der Waals surface area contributed by atoms with E-state index >= 15 is 0 Å². The van der Waals surface area contributed by atoms with Crippen molar-refractivity contribution in [3.8, 4) is 22.3 Å². The highest BCUT2D eigenvalue weighted by molar-refractivity contribution is 5.86. The van der Waals surface area contributed by atoms with E-state index in [1.54, 1.807) is 0 Å². The molecule has 0 saturated heterocycles. The third-order valence-corrected chi connectivity index (χ3v) is 4.34. The predicted molar refractivity (Wildman–Crippen MR) is 100 cm³/mol. The van der Waals surface area contributed by atoms with Crippen molar-refractivity contribution < 1.29 is 0 Å². The zero-order valence-electron chi connectivity index (χ0n) is 13.8. The molecule has 1 radical (unpaired) electrons. The van der Waals surface area contributed by atoms with E-state index in [4.69, 9.17) is 0 Å². The number of hydrogen-bond donors (Lipinski definition) is 0. The van der Waals surface area contributed by atoms with E-state index in [0.29, 0.717) is 0 Å². The van der Waals surface area contributed by atoms with Crippen molar-refractivity contribution in [3.05, 3.63) is 90.8 Å². The Hall–Kier alpha value is -2.34. The van der Waals surface area contributed by atoms with E-state index in [1.165, 1.54) is 40.7 Å². The Bertz CT molecular complexity index is 755. The summed E-state index contributed by atoms with van der Waals surface area (Å²) in [7, 11) is 0. The van der Waals surface area contributed by atoms with Crippen LogP contribution in [0.15, 0.2) is 72.8 Å². The molecule has 0 N–H and O–H groups in total. The van der Waals surface area contributed by atoms with Crippen LogP contribution in [-0.4, -0.2) is 0 Å². The molecule has 3 aromatic carbocycles. The molecule has 0 unspecified atom stereocenters. The summed E-state index contributed by atoms with van der Waals surface area (Å²) < 4.78 is 0. The Morgan fingerprint density at radius 2 is 1.35 bits per heavy atom. The van der Waals surface area contributed by atoms with Gasteiger partial charge >= 0.3 is 0 Å².